The van der Waals surface area contributed by atoms with E-state index in [1.165, 1.54) is 11.5 Å². The van der Waals surface area contributed by atoms with Crippen molar-refractivity contribution in [1.82, 2.24) is 9.36 Å². The summed E-state index contributed by atoms with van der Waals surface area (Å²) in [6, 6.07) is 0. The maximum absolute atomic E-state index is 11.8. The van der Waals surface area contributed by atoms with E-state index in [0.717, 1.165) is 10.8 Å². The van der Waals surface area contributed by atoms with Crippen LogP contribution < -0.4 is 0 Å². The number of hydrogen-bond acceptors (Lipinski definition) is 4. The number of carbonyl (C=O) groups excluding carboxylic acids is 1. The Hall–Kier alpha value is -0.770. The van der Waals surface area contributed by atoms with Crippen LogP contribution in [0.5, 0.6) is 0 Å². The SMILES string of the molecule is CC(C)(C)C(=O)Cc1nc(C(C)(C)C)ns1. The van der Waals surface area contributed by atoms with Crippen LogP contribution >= 0.6 is 11.5 Å². The summed E-state index contributed by atoms with van der Waals surface area (Å²) in [5.74, 6) is 1.04. The molecule has 1 heterocycles. The Labute approximate surface area is 101 Å². The number of Topliss-reactive ketones (excluding diaryl/α,β-unsaturated/α-hetero) is 1. The fourth-order valence-electron chi connectivity index (χ4n) is 1.03. The van der Waals surface area contributed by atoms with Crippen LogP contribution in [0, 0.1) is 5.41 Å². The fourth-order valence-corrected chi connectivity index (χ4v) is 1.86. The highest BCUT2D eigenvalue weighted by Crippen LogP contribution is 2.23. The molecule has 0 amide bonds. The zero-order valence-corrected chi connectivity index (χ0v) is 11.7. The van der Waals surface area contributed by atoms with Crippen molar-refractivity contribution in [3.63, 3.8) is 0 Å². The normalized spacial score (nSPS) is 12.9. The summed E-state index contributed by atoms with van der Waals surface area (Å²) in [5.41, 5.74) is -0.340. The van der Waals surface area contributed by atoms with Gasteiger partial charge in [0.15, 0.2) is 0 Å². The fraction of sp³-hybridized carbons (Fsp3) is 0.750. The largest absolute Gasteiger partial charge is 0.299 e. The first-order valence-electron chi connectivity index (χ1n) is 5.47. The molecule has 90 valence electrons. The van der Waals surface area contributed by atoms with Gasteiger partial charge < -0.3 is 0 Å². The molecule has 0 atom stereocenters. The molecule has 0 aromatic carbocycles. The van der Waals surface area contributed by atoms with Gasteiger partial charge >= 0.3 is 0 Å². The lowest BCUT2D eigenvalue weighted by Crippen LogP contribution is -2.22. The average molecular weight is 240 g/mol. The Morgan fingerprint density at radius 2 is 1.75 bits per heavy atom. The van der Waals surface area contributed by atoms with Gasteiger partial charge in [-0.1, -0.05) is 41.5 Å². The Kier molecular flexibility index (Phi) is 3.53. The Bertz CT molecular complexity index is 382. The highest BCUT2D eigenvalue weighted by molar-refractivity contribution is 7.05. The summed E-state index contributed by atoms with van der Waals surface area (Å²) in [7, 11) is 0. The van der Waals surface area contributed by atoms with Crippen molar-refractivity contribution >= 4 is 17.3 Å². The molecular formula is C12H20N2OS. The van der Waals surface area contributed by atoms with E-state index in [1.807, 2.05) is 20.8 Å². The molecule has 0 fully saturated rings. The van der Waals surface area contributed by atoms with Gasteiger partial charge in [0.2, 0.25) is 0 Å². The maximum Gasteiger partial charge on any atom is 0.147 e. The molecule has 0 aliphatic heterocycles. The molecule has 3 nitrogen and oxygen atoms in total. The highest BCUT2D eigenvalue weighted by atomic mass is 32.1. The third-order valence-corrected chi connectivity index (χ3v) is 3.00. The quantitative estimate of drug-likeness (QED) is 0.798. The molecule has 4 heteroatoms. The monoisotopic (exact) mass is 240 g/mol. The van der Waals surface area contributed by atoms with Crippen LogP contribution in [-0.4, -0.2) is 15.1 Å². The number of nitrogens with zero attached hydrogens (tertiary/aromatic N) is 2. The first kappa shape index (κ1) is 13.3. The third-order valence-electron chi connectivity index (χ3n) is 2.29. The van der Waals surface area contributed by atoms with E-state index in [2.05, 4.69) is 30.1 Å². The minimum Gasteiger partial charge on any atom is -0.299 e. The minimum absolute atomic E-state index is 0.0421. The van der Waals surface area contributed by atoms with E-state index < -0.39 is 0 Å². The van der Waals surface area contributed by atoms with Crippen molar-refractivity contribution in [1.29, 1.82) is 0 Å². The lowest BCUT2D eigenvalue weighted by Gasteiger charge is -2.15. The van der Waals surface area contributed by atoms with Crippen LogP contribution in [0.15, 0.2) is 0 Å². The molecule has 1 aromatic heterocycles. The zero-order chi connectivity index (χ0) is 12.6. The van der Waals surface area contributed by atoms with Crippen molar-refractivity contribution in [3.8, 4) is 0 Å². The first-order valence-corrected chi connectivity index (χ1v) is 6.24. The van der Waals surface area contributed by atoms with Crippen LogP contribution in [0.3, 0.4) is 0 Å². The van der Waals surface area contributed by atoms with E-state index >= 15 is 0 Å². The van der Waals surface area contributed by atoms with Crippen molar-refractivity contribution in [3.05, 3.63) is 10.8 Å². The zero-order valence-electron chi connectivity index (χ0n) is 10.9. The van der Waals surface area contributed by atoms with Gasteiger partial charge in [0.1, 0.15) is 16.6 Å². The minimum atomic E-state index is -0.298. The second-order valence-electron chi connectivity index (χ2n) is 6.11. The van der Waals surface area contributed by atoms with Crippen LogP contribution in [0.4, 0.5) is 0 Å². The first-order chi connectivity index (χ1) is 7.10. The summed E-state index contributed by atoms with van der Waals surface area (Å²) in [6.45, 7) is 12.0. The molecular weight excluding hydrogens is 220 g/mol. The number of rotatable bonds is 2. The summed E-state index contributed by atoms with van der Waals surface area (Å²) < 4.78 is 4.30. The summed E-state index contributed by atoms with van der Waals surface area (Å²) >= 11 is 1.34. The molecule has 0 saturated heterocycles. The number of carbonyl (C=O) groups is 1. The summed E-state index contributed by atoms with van der Waals surface area (Å²) in [6.07, 6.45) is 0.400. The maximum atomic E-state index is 11.8. The molecule has 0 N–H and O–H groups in total. The predicted molar refractivity (Wildman–Crippen MR) is 66.8 cm³/mol. The molecule has 0 bridgehead atoms. The van der Waals surface area contributed by atoms with E-state index in [4.69, 9.17) is 0 Å². The number of hydrogen-bond donors (Lipinski definition) is 0. The average Bonchev–Trinajstić information content (AvgIpc) is 2.49. The number of aromatic nitrogens is 2. The van der Waals surface area contributed by atoms with Crippen molar-refractivity contribution in [2.45, 2.75) is 53.4 Å². The second kappa shape index (κ2) is 4.24. The molecule has 0 radical (unpaired) electrons. The van der Waals surface area contributed by atoms with Gasteiger partial charge in [0.05, 0.1) is 6.42 Å². The van der Waals surface area contributed by atoms with Gasteiger partial charge in [0.25, 0.3) is 0 Å². The third kappa shape index (κ3) is 3.37. The molecule has 0 aliphatic rings. The molecule has 0 spiro atoms. The van der Waals surface area contributed by atoms with Crippen molar-refractivity contribution < 1.29 is 4.79 Å². The van der Waals surface area contributed by atoms with Crippen LogP contribution in [-0.2, 0) is 16.6 Å². The standard InChI is InChI=1S/C12H20N2OS/c1-11(2,3)8(15)7-9-13-10(14-16-9)12(4,5)6/h7H2,1-6H3. The van der Waals surface area contributed by atoms with Gasteiger partial charge in [-0.25, -0.2) is 4.98 Å². The van der Waals surface area contributed by atoms with Gasteiger partial charge in [-0.15, -0.1) is 0 Å². The smallest absolute Gasteiger partial charge is 0.147 e. The van der Waals surface area contributed by atoms with E-state index in [1.54, 1.807) is 0 Å². The summed E-state index contributed by atoms with van der Waals surface area (Å²) in [4.78, 5) is 16.3. The van der Waals surface area contributed by atoms with Crippen LogP contribution in [0.2, 0.25) is 0 Å². The molecule has 0 unspecified atom stereocenters. The van der Waals surface area contributed by atoms with E-state index in [-0.39, 0.29) is 16.6 Å². The summed E-state index contributed by atoms with van der Waals surface area (Å²) in [5, 5.41) is 0.824. The lowest BCUT2D eigenvalue weighted by molar-refractivity contribution is -0.125. The van der Waals surface area contributed by atoms with Gasteiger partial charge in [-0.05, 0) is 11.5 Å². The van der Waals surface area contributed by atoms with Gasteiger partial charge in [-0.3, -0.25) is 4.79 Å². The number of ketones is 1. The van der Waals surface area contributed by atoms with E-state index in [9.17, 15) is 4.79 Å². The van der Waals surface area contributed by atoms with Crippen molar-refractivity contribution in [2.75, 3.05) is 0 Å². The topological polar surface area (TPSA) is 42.9 Å². The van der Waals surface area contributed by atoms with Gasteiger partial charge in [0, 0.05) is 10.8 Å². The molecule has 0 aliphatic carbocycles. The molecule has 0 saturated carbocycles. The Morgan fingerprint density at radius 3 is 2.12 bits per heavy atom. The van der Waals surface area contributed by atoms with Gasteiger partial charge in [-0.2, -0.15) is 4.37 Å². The highest BCUT2D eigenvalue weighted by Gasteiger charge is 2.24. The molecule has 16 heavy (non-hydrogen) atoms. The Morgan fingerprint density at radius 1 is 1.19 bits per heavy atom. The van der Waals surface area contributed by atoms with Crippen LogP contribution in [0.1, 0.15) is 52.4 Å². The van der Waals surface area contributed by atoms with Crippen molar-refractivity contribution in [2.24, 2.45) is 5.41 Å². The van der Waals surface area contributed by atoms with Crippen LogP contribution in [0.25, 0.3) is 0 Å². The Balaban J connectivity index is 2.78. The molecule has 1 aromatic rings. The second-order valence-corrected chi connectivity index (χ2v) is 6.95. The molecule has 1 rings (SSSR count). The van der Waals surface area contributed by atoms with E-state index in [0.29, 0.717) is 6.42 Å². The predicted octanol–water partition coefficient (Wildman–Crippen LogP) is 2.99. The lowest BCUT2D eigenvalue weighted by atomic mass is 9.89.